The van der Waals surface area contributed by atoms with Gasteiger partial charge < -0.3 is 25.2 Å². The van der Waals surface area contributed by atoms with Gasteiger partial charge in [0, 0.05) is 50.5 Å². The minimum absolute atomic E-state index is 0.0424. The summed E-state index contributed by atoms with van der Waals surface area (Å²) in [5.74, 6) is -0.124. The number of benzene rings is 1. The number of nitrogens with one attached hydrogen (secondary N) is 2. The van der Waals surface area contributed by atoms with Gasteiger partial charge in [0.1, 0.15) is 6.10 Å². The van der Waals surface area contributed by atoms with Crippen molar-refractivity contribution in [3.05, 3.63) is 29.8 Å². The molecule has 2 aliphatic heterocycles. The van der Waals surface area contributed by atoms with Crippen LogP contribution in [-0.4, -0.2) is 80.6 Å². The molecule has 2 heterocycles. The first-order valence-corrected chi connectivity index (χ1v) is 8.34. The molecule has 0 bridgehead atoms. The normalized spacial score (nSPS) is 22.2. The molecule has 7 nitrogen and oxygen atoms in total. The minimum Gasteiger partial charge on any atom is -0.366 e. The summed E-state index contributed by atoms with van der Waals surface area (Å²) in [5, 5.41) is 5.95. The number of morpholine rings is 1. The lowest BCUT2D eigenvalue weighted by molar-refractivity contribution is -0.128. The van der Waals surface area contributed by atoms with E-state index in [2.05, 4.69) is 22.6 Å². The highest BCUT2D eigenvalue weighted by atomic mass is 16.5. The molecule has 2 amide bonds. The Kier molecular flexibility index (Phi) is 5.44. The molecule has 0 aliphatic carbocycles. The molecular weight excluding hydrogens is 308 g/mol. The molecular formula is C17H24N4O3. The van der Waals surface area contributed by atoms with Gasteiger partial charge in [0.2, 0.25) is 0 Å². The Morgan fingerprint density at radius 3 is 2.50 bits per heavy atom. The van der Waals surface area contributed by atoms with Crippen LogP contribution in [-0.2, 0) is 9.53 Å². The third-order valence-corrected chi connectivity index (χ3v) is 4.41. The number of piperazine rings is 1. The number of ether oxygens (including phenoxy) is 1. The summed E-state index contributed by atoms with van der Waals surface area (Å²) in [6.45, 7) is 5.12. The van der Waals surface area contributed by atoms with Crippen LogP contribution in [0.2, 0.25) is 0 Å². The van der Waals surface area contributed by atoms with Crippen molar-refractivity contribution in [2.45, 2.75) is 6.10 Å². The van der Waals surface area contributed by atoms with Crippen LogP contribution in [0.1, 0.15) is 10.4 Å². The fourth-order valence-electron chi connectivity index (χ4n) is 2.84. The maximum Gasteiger partial charge on any atom is 0.254 e. The zero-order chi connectivity index (χ0) is 16.9. The quantitative estimate of drug-likeness (QED) is 0.815. The van der Waals surface area contributed by atoms with E-state index in [0.29, 0.717) is 24.4 Å². The van der Waals surface area contributed by atoms with Gasteiger partial charge in [-0.05, 0) is 31.3 Å². The van der Waals surface area contributed by atoms with Crippen LogP contribution >= 0.6 is 0 Å². The molecule has 1 atom stereocenters. The minimum atomic E-state index is -0.467. The highest BCUT2D eigenvalue weighted by Gasteiger charge is 2.22. The van der Waals surface area contributed by atoms with E-state index in [4.69, 9.17) is 4.74 Å². The second-order valence-corrected chi connectivity index (χ2v) is 6.23. The summed E-state index contributed by atoms with van der Waals surface area (Å²) in [6.07, 6.45) is -0.467. The fraction of sp³-hybridized carbons (Fsp3) is 0.529. The van der Waals surface area contributed by atoms with E-state index in [1.54, 1.807) is 24.3 Å². The van der Waals surface area contributed by atoms with Gasteiger partial charge in [-0.15, -0.1) is 0 Å². The van der Waals surface area contributed by atoms with Gasteiger partial charge in [0.05, 0.1) is 6.61 Å². The standard InChI is InChI=1S/C17H24N4O3/c1-20-7-9-21(10-8-20)17(23)13-2-4-14(5-3-13)19-16(22)15-12-18-6-11-24-15/h2-5,15,18H,6-12H2,1H3,(H,19,22). The Morgan fingerprint density at radius 2 is 1.88 bits per heavy atom. The van der Waals surface area contributed by atoms with Crippen molar-refractivity contribution in [3.8, 4) is 0 Å². The van der Waals surface area contributed by atoms with Gasteiger partial charge in [-0.25, -0.2) is 0 Å². The molecule has 2 saturated heterocycles. The SMILES string of the molecule is CN1CCN(C(=O)c2ccc(NC(=O)C3CNCCO3)cc2)CC1. The van der Waals surface area contributed by atoms with E-state index in [1.165, 1.54) is 0 Å². The molecule has 1 aromatic rings. The third-order valence-electron chi connectivity index (χ3n) is 4.41. The number of carbonyl (C=O) groups is 2. The highest BCUT2D eigenvalue weighted by molar-refractivity contribution is 5.97. The van der Waals surface area contributed by atoms with Crippen LogP contribution in [0, 0.1) is 0 Å². The van der Waals surface area contributed by atoms with E-state index in [1.807, 2.05) is 4.90 Å². The summed E-state index contributed by atoms with van der Waals surface area (Å²) in [6, 6.07) is 7.04. The third kappa shape index (κ3) is 4.11. The summed E-state index contributed by atoms with van der Waals surface area (Å²) < 4.78 is 5.42. The second kappa shape index (κ2) is 7.74. The number of rotatable bonds is 3. The topological polar surface area (TPSA) is 73.9 Å². The maximum atomic E-state index is 12.5. The first-order chi connectivity index (χ1) is 11.6. The van der Waals surface area contributed by atoms with Gasteiger partial charge in [0.25, 0.3) is 11.8 Å². The predicted molar refractivity (Wildman–Crippen MR) is 91.1 cm³/mol. The van der Waals surface area contributed by atoms with Crippen molar-refractivity contribution in [1.29, 1.82) is 0 Å². The van der Waals surface area contributed by atoms with E-state index >= 15 is 0 Å². The Hall–Kier alpha value is -1.96. The van der Waals surface area contributed by atoms with Gasteiger partial charge in [-0.3, -0.25) is 9.59 Å². The first kappa shape index (κ1) is 16.9. The van der Waals surface area contributed by atoms with Crippen molar-refractivity contribution in [3.63, 3.8) is 0 Å². The van der Waals surface area contributed by atoms with Crippen LogP contribution in [0.5, 0.6) is 0 Å². The molecule has 0 radical (unpaired) electrons. The van der Waals surface area contributed by atoms with E-state index in [-0.39, 0.29) is 11.8 Å². The molecule has 0 spiro atoms. The molecule has 0 aromatic heterocycles. The second-order valence-electron chi connectivity index (χ2n) is 6.23. The highest BCUT2D eigenvalue weighted by Crippen LogP contribution is 2.14. The average molecular weight is 332 g/mol. The number of hydrogen-bond donors (Lipinski definition) is 2. The Morgan fingerprint density at radius 1 is 1.17 bits per heavy atom. The van der Waals surface area contributed by atoms with Crippen molar-refractivity contribution in [1.82, 2.24) is 15.1 Å². The monoisotopic (exact) mass is 332 g/mol. The van der Waals surface area contributed by atoms with E-state index < -0.39 is 6.10 Å². The molecule has 2 fully saturated rings. The van der Waals surface area contributed by atoms with Crippen molar-refractivity contribution in [2.24, 2.45) is 0 Å². The lowest BCUT2D eigenvalue weighted by atomic mass is 10.1. The predicted octanol–water partition coefficient (Wildman–Crippen LogP) is 0.00110. The molecule has 2 N–H and O–H groups in total. The van der Waals surface area contributed by atoms with Gasteiger partial charge >= 0.3 is 0 Å². The summed E-state index contributed by atoms with van der Waals surface area (Å²) >= 11 is 0. The number of carbonyl (C=O) groups excluding carboxylic acids is 2. The van der Waals surface area contributed by atoms with E-state index in [0.717, 1.165) is 32.7 Å². The fourth-order valence-corrected chi connectivity index (χ4v) is 2.84. The van der Waals surface area contributed by atoms with Crippen molar-refractivity contribution < 1.29 is 14.3 Å². The first-order valence-electron chi connectivity index (χ1n) is 8.34. The largest absolute Gasteiger partial charge is 0.366 e. The molecule has 1 aromatic carbocycles. The zero-order valence-corrected chi connectivity index (χ0v) is 14.0. The lowest BCUT2D eigenvalue weighted by Gasteiger charge is -2.32. The van der Waals surface area contributed by atoms with Crippen LogP contribution in [0.4, 0.5) is 5.69 Å². The van der Waals surface area contributed by atoms with Crippen LogP contribution in [0.3, 0.4) is 0 Å². The molecule has 130 valence electrons. The Labute approximate surface area is 141 Å². The van der Waals surface area contributed by atoms with Crippen LogP contribution in [0.25, 0.3) is 0 Å². The summed E-state index contributed by atoms with van der Waals surface area (Å²) in [5.41, 5.74) is 1.32. The van der Waals surface area contributed by atoms with Crippen molar-refractivity contribution >= 4 is 17.5 Å². The smallest absolute Gasteiger partial charge is 0.254 e. The molecule has 7 heteroatoms. The lowest BCUT2D eigenvalue weighted by Crippen LogP contribution is -2.47. The zero-order valence-electron chi connectivity index (χ0n) is 14.0. The maximum absolute atomic E-state index is 12.5. The molecule has 0 saturated carbocycles. The van der Waals surface area contributed by atoms with Gasteiger partial charge in [0.15, 0.2) is 0 Å². The number of likely N-dealkylation sites (N-methyl/N-ethyl adjacent to an activating group) is 1. The number of amides is 2. The van der Waals surface area contributed by atoms with Crippen molar-refractivity contribution in [2.75, 3.05) is 58.2 Å². The summed E-state index contributed by atoms with van der Waals surface area (Å²) in [7, 11) is 2.06. The molecule has 1 unspecified atom stereocenters. The molecule has 2 aliphatic rings. The molecule has 3 rings (SSSR count). The van der Waals surface area contributed by atoms with Gasteiger partial charge in [-0.1, -0.05) is 0 Å². The number of nitrogens with zero attached hydrogens (tertiary/aromatic N) is 2. The average Bonchev–Trinajstić information content (AvgIpc) is 2.63. The van der Waals surface area contributed by atoms with Crippen LogP contribution in [0.15, 0.2) is 24.3 Å². The Balaban J connectivity index is 1.56. The number of hydrogen-bond acceptors (Lipinski definition) is 5. The summed E-state index contributed by atoms with van der Waals surface area (Å²) in [4.78, 5) is 28.7. The van der Waals surface area contributed by atoms with Crippen LogP contribution < -0.4 is 10.6 Å². The van der Waals surface area contributed by atoms with Gasteiger partial charge in [-0.2, -0.15) is 0 Å². The van der Waals surface area contributed by atoms with E-state index in [9.17, 15) is 9.59 Å². The number of anilines is 1. The molecule has 24 heavy (non-hydrogen) atoms. The Bertz CT molecular complexity index is 576.